The second-order valence-corrected chi connectivity index (χ2v) is 12.7. The Bertz CT molecular complexity index is 868. The van der Waals surface area contributed by atoms with Crippen LogP contribution in [0, 0.1) is 11.8 Å². The summed E-state index contributed by atoms with van der Waals surface area (Å²) in [5.41, 5.74) is 1.93. The summed E-state index contributed by atoms with van der Waals surface area (Å²) >= 11 is 6.58. The van der Waals surface area contributed by atoms with Gasteiger partial charge in [0, 0.05) is 25.4 Å². The zero-order valence-corrected chi connectivity index (χ0v) is 20.7. The number of rotatable bonds is 7. The number of carbonyl (C=O) groups excluding carboxylic acids is 1. The molecule has 0 spiro atoms. The van der Waals surface area contributed by atoms with Crippen LogP contribution in [0.5, 0.6) is 0 Å². The van der Waals surface area contributed by atoms with Crippen LogP contribution >= 0.6 is 11.6 Å². The molecule has 1 saturated heterocycles. The molecule has 0 amide bonds. The van der Waals surface area contributed by atoms with Crippen molar-refractivity contribution in [2.24, 2.45) is 11.8 Å². The Morgan fingerprint density at radius 1 is 1.13 bits per heavy atom. The summed E-state index contributed by atoms with van der Waals surface area (Å²) in [6, 6.07) is 5.94. The van der Waals surface area contributed by atoms with Crippen LogP contribution in [0.1, 0.15) is 58.9 Å². The van der Waals surface area contributed by atoms with Crippen molar-refractivity contribution in [3.8, 4) is 0 Å². The van der Waals surface area contributed by atoms with E-state index in [2.05, 4.69) is 18.7 Å². The molecular weight excluding hydrogens is 434 g/mol. The third-order valence-corrected chi connectivity index (χ3v) is 9.31. The fourth-order valence-corrected chi connectivity index (χ4v) is 6.51. The normalized spacial score (nSPS) is 27.5. The standard InChI is InChI=1S/C24H36ClNO4S/c1-16(2)31(28,29)15-19-5-8-21(9-6-19)24(27)12-20-7-10-23(22(25)11-20)26-13-17(3)30-18(4)14-26/h7,10-11,16-19,21H,5-6,8-9,12-15H2,1-4H3/t17-,18+,19?,21?. The lowest BCUT2D eigenvalue weighted by Gasteiger charge is -2.37. The van der Waals surface area contributed by atoms with Crippen LogP contribution in [0.4, 0.5) is 5.69 Å². The van der Waals surface area contributed by atoms with Crippen molar-refractivity contribution < 1.29 is 17.9 Å². The molecule has 2 fully saturated rings. The van der Waals surface area contributed by atoms with E-state index in [0.29, 0.717) is 11.4 Å². The first-order valence-corrected chi connectivity index (χ1v) is 13.6. The van der Waals surface area contributed by atoms with Crippen molar-refractivity contribution in [1.82, 2.24) is 0 Å². The topological polar surface area (TPSA) is 63.7 Å². The molecular formula is C24H36ClNO4S. The number of carbonyl (C=O) groups is 1. The van der Waals surface area contributed by atoms with E-state index >= 15 is 0 Å². The number of ether oxygens (including phenoxy) is 1. The molecule has 31 heavy (non-hydrogen) atoms. The average Bonchev–Trinajstić information content (AvgIpc) is 2.67. The molecule has 1 heterocycles. The summed E-state index contributed by atoms with van der Waals surface area (Å²) < 4.78 is 30.2. The van der Waals surface area contributed by atoms with Crippen LogP contribution in [-0.4, -0.2) is 50.5 Å². The minimum absolute atomic E-state index is 0.0254. The third kappa shape index (κ3) is 6.45. The zero-order chi connectivity index (χ0) is 22.8. The molecule has 1 aliphatic carbocycles. The Hall–Kier alpha value is -1.11. The number of morpholine rings is 1. The smallest absolute Gasteiger partial charge is 0.152 e. The van der Waals surface area contributed by atoms with Crippen LogP contribution in [0.15, 0.2) is 18.2 Å². The van der Waals surface area contributed by atoms with Gasteiger partial charge in [0.1, 0.15) is 5.78 Å². The number of hydrogen-bond donors (Lipinski definition) is 0. The number of halogens is 1. The second kappa shape index (κ2) is 10.2. The van der Waals surface area contributed by atoms with Gasteiger partial charge in [0.15, 0.2) is 9.84 Å². The van der Waals surface area contributed by atoms with Crippen molar-refractivity contribution >= 4 is 32.9 Å². The number of Topliss-reactive ketones (excluding diaryl/α,β-unsaturated/α-hetero) is 1. The summed E-state index contributed by atoms with van der Waals surface area (Å²) in [5.74, 6) is 0.699. The summed E-state index contributed by atoms with van der Waals surface area (Å²) in [5, 5.41) is 0.345. The molecule has 3 rings (SSSR count). The maximum absolute atomic E-state index is 12.9. The molecule has 174 valence electrons. The van der Waals surface area contributed by atoms with Crippen LogP contribution in [0.25, 0.3) is 0 Å². The summed E-state index contributed by atoms with van der Waals surface area (Å²) in [7, 11) is -3.02. The minimum atomic E-state index is -3.02. The molecule has 7 heteroatoms. The van der Waals surface area contributed by atoms with Crippen molar-refractivity contribution in [3.63, 3.8) is 0 Å². The lowest BCUT2D eigenvalue weighted by atomic mass is 9.79. The number of anilines is 1. The molecule has 0 bridgehead atoms. The summed E-state index contributed by atoms with van der Waals surface area (Å²) in [4.78, 5) is 15.1. The number of sulfone groups is 1. The highest BCUT2D eigenvalue weighted by Crippen LogP contribution is 2.33. The third-order valence-electron chi connectivity index (χ3n) is 6.64. The molecule has 5 nitrogen and oxygen atoms in total. The number of benzene rings is 1. The highest BCUT2D eigenvalue weighted by Gasteiger charge is 2.30. The van der Waals surface area contributed by atoms with E-state index < -0.39 is 9.84 Å². The van der Waals surface area contributed by atoms with Crippen molar-refractivity contribution in [2.45, 2.75) is 77.3 Å². The van der Waals surface area contributed by atoms with Gasteiger partial charge in [0.25, 0.3) is 0 Å². The number of ketones is 1. The summed E-state index contributed by atoms with van der Waals surface area (Å²) in [6.45, 7) is 9.21. The van der Waals surface area contributed by atoms with Gasteiger partial charge in [0.2, 0.25) is 0 Å². The monoisotopic (exact) mass is 469 g/mol. The van der Waals surface area contributed by atoms with Gasteiger partial charge in [-0.2, -0.15) is 0 Å². The van der Waals surface area contributed by atoms with Crippen molar-refractivity contribution in [3.05, 3.63) is 28.8 Å². The molecule has 1 aliphatic heterocycles. The molecule has 2 aliphatic rings. The van der Waals surface area contributed by atoms with Crippen LogP contribution < -0.4 is 4.90 Å². The molecule has 0 aromatic heterocycles. The van der Waals surface area contributed by atoms with E-state index in [-0.39, 0.29) is 40.8 Å². The van der Waals surface area contributed by atoms with Gasteiger partial charge >= 0.3 is 0 Å². The fourth-order valence-electron chi connectivity index (χ4n) is 4.81. The maximum atomic E-state index is 12.9. The molecule has 0 N–H and O–H groups in total. The zero-order valence-electron chi connectivity index (χ0n) is 19.1. The molecule has 1 aromatic rings. The van der Waals surface area contributed by atoms with Crippen molar-refractivity contribution in [2.75, 3.05) is 23.7 Å². The molecule has 0 unspecified atom stereocenters. The van der Waals surface area contributed by atoms with E-state index in [4.69, 9.17) is 16.3 Å². The molecule has 1 saturated carbocycles. The SMILES string of the molecule is CC(C)S(=O)(=O)CC1CCC(C(=O)Cc2ccc(N3C[C@@H](C)O[C@@H](C)C3)c(Cl)c2)CC1. The number of hydrogen-bond acceptors (Lipinski definition) is 5. The van der Waals surface area contributed by atoms with Gasteiger partial charge in [-0.1, -0.05) is 17.7 Å². The first-order valence-electron chi connectivity index (χ1n) is 11.5. The largest absolute Gasteiger partial charge is 0.372 e. The Morgan fingerprint density at radius 3 is 2.29 bits per heavy atom. The van der Waals surface area contributed by atoms with Crippen LogP contribution in [0.2, 0.25) is 5.02 Å². The number of nitrogens with zero attached hydrogens (tertiary/aromatic N) is 1. The van der Waals surface area contributed by atoms with E-state index in [1.54, 1.807) is 13.8 Å². The van der Waals surface area contributed by atoms with Crippen molar-refractivity contribution in [1.29, 1.82) is 0 Å². The van der Waals surface area contributed by atoms with Crippen LogP contribution in [-0.2, 0) is 25.8 Å². The molecule has 2 atom stereocenters. The minimum Gasteiger partial charge on any atom is -0.372 e. The predicted octanol–water partition coefficient (Wildman–Crippen LogP) is 4.69. The summed E-state index contributed by atoms with van der Waals surface area (Å²) in [6.07, 6.45) is 3.90. The van der Waals surface area contributed by atoms with Gasteiger partial charge in [-0.25, -0.2) is 8.42 Å². The molecule has 0 radical (unpaired) electrons. The van der Waals surface area contributed by atoms with Gasteiger partial charge in [-0.05, 0) is 77.0 Å². The average molecular weight is 470 g/mol. The van der Waals surface area contributed by atoms with Gasteiger partial charge < -0.3 is 9.64 Å². The Kier molecular flexibility index (Phi) is 8.09. The lowest BCUT2D eigenvalue weighted by Crippen LogP contribution is -2.45. The highest BCUT2D eigenvalue weighted by atomic mass is 35.5. The van der Waals surface area contributed by atoms with E-state index in [1.165, 1.54) is 0 Å². The predicted molar refractivity (Wildman–Crippen MR) is 127 cm³/mol. The second-order valence-electron chi connectivity index (χ2n) is 9.69. The van der Waals surface area contributed by atoms with E-state index in [9.17, 15) is 13.2 Å². The van der Waals surface area contributed by atoms with Gasteiger partial charge in [-0.15, -0.1) is 0 Å². The Morgan fingerprint density at radius 2 is 1.74 bits per heavy atom. The first kappa shape index (κ1) is 24.5. The van der Waals surface area contributed by atoms with Gasteiger partial charge in [-0.3, -0.25) is 4.79 Å². The van der Waals surface area contributed by atoms with E-state index in [1.807, 2.05) is 18.2 Å². The van der Waals surface area contributed by atoms with Gasteiger partial charge in [0.05, 0.1) is 33.9 Å². The quantitative estimate of drug-likeness (QED) is 0.579. The Labute approximate surface area is 192 Å². The first-order chi connectivity index (χ1) is 14.5. The van der Waals surface area contributed by atoms with Crippen LogP contribution in [0.3, 0.4) is 0 Å². The highest BCUT2D eigenvalue weighted by molar-refractivity contribution is 7.91. The lowest BCUT2D eigenvalue weighted by molar-refractivity contribution is -0.123. The Balaban J connectivity index is 1.55. The maximum Gasteiger partial charge on any atom is 0.152 e. The van der Waals surface area contributed by atoms with E-state index in [0.717, 1.165) is 50.0 Å². The molecule has 1 aromatic carbocycles. The fraction of sp³-hybridized carbons (Fsp3) is 0.708.